The van der Waals surface area contributed by atoms with Crippen molar-refractivity contribution in [3.63, 3.8) is 0 Å². The van der Waals surface area contributed by atoms with E-state index in [1.807, 2.05) is 0 Å². The molecule has 21 heavy (non-hydrogen) atoms. The van der Waals surface area contributed by atoms with E-state index in [1.165, 1.54) is 51.7 Å². The summed E-state index contributed by atoms with van der Waals surface area (Å²) in [5, 5.41) is 10.1. The standard InChI is InChI=1S/C18H29FO2/c1-3-4-5-6-7-8-9-10-11-18(20)16-13-12-15(21-2)14-17(16)19/h12-14,18,20H,3-11H2,1-2H3. The molecule has 120 valence electrons. The van der Waals surface area contributed by atoms with Crippen molar-refractivity contribution in [1.82, 2.24) is 0 Å². The van der Waals surface area contributed by atoms with Crippen LogP contribution in [0.1, 0.15) is 76.4 Å². The maximum absolute atomic E-state index is 13.8. The number of hydrogen-bond acceptors (Lipinski definition) is 2. The summed E-state index contributed by atoms with van der Waals surface area (Å²) in [6, 6.07) is 4.63. The lowest BCUT2D eigenvalue weighted by molar-refractivity contribution is 0.158. The van der Waals surface area contributed by atoms with Crippen LogP contribution in [0.2, 0.25) is 0 Å². The van der Waals surface area contributed by atoms with E-state index in [4.69, 9.17) is 4.74 Å². The van der Waals surface area contributed by atoms with Gasteiger partial charge in [0.25, 0.3) is 0 Å². The molecule has 0 radical (unpaired) electrons. The van der Waals surface area contributed by atoms with Crippen LogP contribution in [0.25, 0.3) is 0 Å². The summed E-state index contributed by atoms with van der Waals surface area (Å²) in [7, 11) is 1.51. The van der Waals surface area contributed by atoms with Crippen molar-refractivity contribution in [2.45, 2.75) is 70.8 Å². The molecule has 3 heteroatoms. The van der Waals surface area contributed by atoms with Crippen LogP contribution in [-0.2, 0) is 0 Å². The predicted molar refractivity (Wildman–Crippen MR) is 85.1 cm³/mol. The third-order valence-corrected chi connectivity index (χ3v) is 3.90. The Bertz CT molecular complexity index is 393. The molecule has 0 aromatic heterocycles. The molecule has 0 aliphatic rings. The zero-order valence-corrected chi connectivity index (χ0v) is 13.4. The number of rotatable bonds is 11. The van der Waals surface area contributed by atoms with E-state index < -0.39 is 6.10 Å². The zero-order chi connectivity index (χ0) is 15.5. The van der Waals surface area contributed by atoms with Gasteiger partial charge in [-0.05, 0) is 18.6 Å². The average Bonchev–Trinajstić information content (AvgIpc) is 2.49. The first-order chi connectivity index (χ1) is 10.2. The van der Waals surface area contributed by atoms with Gasteiger partial charge in [0.1, 0.15) is 11.6 Å². The molecule has 0 aliphatic carbocycles. The first kappa shape index (κ1) is 18.0. The largest absolute Gasteiger partial charge is 0.497 e. The highest BCUT2D eigenvalue weighted by Crippen LogP contribution is 2.25. The van der Waals surface area contributed by atoms with E-state index in [2.05, 4.69) is 6.92 Å². The van der Waals surface area contributed by atoms with E-state index in [-0.39, 0.29) is 5.82 Å². The van der Waals surface area contributed by atoms with Gasteiger partial charge in [-0.1, -0.05) is 58.3 Å². The van der Waals surface area contributed by atoms with Gasteiger partial charge >= 0.3 is 0 Å². The van der Waals surface area contributed by atoms with Crippen LogP contribution in [0, 0.1) is 5.82 Å². The SMILES string of the molecule is CCCCCCCCCCC(O)c1ccc(OC)cc1F. The van der Waals surface area contributed by atoms with Crippen molar-refractivity contribution < 1.29 is 14.2 Å². The predicted octanol–water partition coefficient (Wildman–Crippen LogP) is 5.40. The Morgan fingerprint density at radius 2 is 1.67 bits per heavy atom. The molecule has 0 spiro atoms. The first-order valence-electron chi connectivity index (χ1n) is 8.20. The fourth-order valence-electron chi connectivity index (χ4n) is 2.53. The van der Waals surface area contributed by atoms with Gasteiger partial charge in [0.15, 0.2) is 0 Å². The van der Waals surface area contributed by atoms with Crippen LogP contribution in [0.5, 0.6) is 5.75 Å². The van der Waals surface area contributed by atoms with Gasteiger partial charge in [0.2, 0.25) is 0 Å². The minimum Gasteiger partial charge on any atom is -0.497 e. The number of aliphatic hydroxyl groups excluding tert-OH is 1. The molecule has 1 N–H and O–H groups in total. The van der Waals surface area contributed by atoms with Crippen molar-refractivity contribution in [3.8, 4) is 5.75 Å². The molecule has 0 fully saturated rings. The average molecular weight is 296 g/mol. The highest BCUT2D eigenvalue weighted by Gasteiger charge is 2.13. The van der Waals surface area contributed by atoms with Crippen molar-refractivity contribution in [2.75, 3.05) is 7.11 Å². The van der Waals surface area contributed by atoms with Crippen molar-refractivity contribution in [2.24, 2.45) is 0 Å². The Hall–Kier alpha value is -1.09. The van der Waals surface area contributed by atoms with Gasteiger partial charge in [0.05, 0.1) is 13.2 Å². The monoisotopic (exact) mass is 296 g/mol. The van der Waals surface area contributed by atoms with Crippen LogP contribution < -0.4 is 4.74 Å². The molecule has 0 bridgehead atoms. The van der Waals surface area contributed by atoms with Gasteiger partial charge in [-0.3, -0.25) is 0 Å². The lowest BCUT2D eigenvalue weighted by Crippen LogP contribution is -2.01. The third kappa shape index (κ3) is 6.94. The molecule has 1 atom stereocenters. The van der Waals surface area contributed by atoms with Gasteiger partial charge in [-0.2, -0.15) is 0 Å². The van der Waals surface area contributed by atoms with E-state index in [9.17, 15) is 9.50 Å². The number of ether oxygens (including phenoxy) is 1. The second-order valence-electron chi connectivity index (χ2n) is 5.67. The van der Waals surface area contributed by atoms with Crippen LogP contribution in [0.4, 0.5) is 4.39 Å². The molecule has 0 amide bonds. The summed E-state index contributed by atoms with van der Waals surface area (Å²) in [4.78, 5) is 0. The Morgan fingerprint density at radius 1 is 1.05 bits per heavy atom. The summed E-state index contributed by atoms with van der Waals surface area (Å²) < 4.78 is 18.8. The van der Waals surface area contributed by atoms with Gasteiger partial charge in [-0.15, -0.1) is 0 Å². The van der Waals surface area contributed by atoms with Crippen LogP contribution in [-0.4, -0.2) is 12.2 Å². The highest BCUT2D eigenvalue weighted by molar-refractivity contribution is 5.30. The quantitative estimate of drug-likeness (QED) is 0.554. The van der Waals surface area contributed by atoms with Gasteiger partial charge in [0, 0.05) is 11.6 Å². The van der Waals surface area contributed by atoms with Crippen LogP contribution >= 0.6 is 0 Å². The van der Waals surface area contributed by atoms with E-state index in [0.29, 0.717) is 17.7 Å². The summed E-state index contributed by atoms with van der Waals surface area (Å²) in [5.41, 5.74) is 0.374. The third-order valence-electron chi connectivity index (χ3n) is 3.90. The molecule has 1 aromatic carbocycles. The van der Waals surface area contributed by atoms with Gasteiger partial charge in [-0.25, -0.2) is 4.39 Å². The lowest BCUT2D eigenvalue weighted by atomic mass is 10.0. The highest BCUT2D eigenvalue weighted by atomic mass is 19.1. The van der Waals surface area contributed by atoms with Crippen molar-refractivity contribution in [1.29, 1.82) is 0 Å². The van der Waals surface area contributed by atoms with Crippen molar-refractivity contribution in [3.05, 3.63) is 29.6 Å². The number of halogens is 1. The minimum atomic E-state index is -0.712. The van der Waals surface area contributed by atoms with Crippen LogP contribution in [0.3, 0.4) is 0 Å². The molecule has 0 heterocycles. The molecule has 0 saturated carbocycles. The maximum atomic E-state index is 13.8. The number of benzene rings is 1. The number of aliphatic hydroxyl groups is 1. The Balaban J connectivity index is 2.20. The molecule has 0 saturated heterocycles. The Kier molecular flexibility index (Phi) is 9.07. The fourth-order valence-corrected chi connectivity index (χ4v) is 2.53. The lowest BCUT2D eigenvalue weighted by Gasteiger charge is -2.12. The molecule has 1 aromatic rings. The summed E-state index contributed by atoms with van der Waals surface area (Å²) >= 11 is 0. The summed E-state index contributed by atoms with van der Waals surface area (Å²) in [6.07, 6.45) is 9.69. The van der Waals surface area contributed by atoms with E-state index >= 15 is 0 Å². The topological polar surface area (TPSA) is 29.5 Å². The smallest absolute Gasteiger partial charge is 0.132 e. The molecule has 2 nitrogen and oxygen atoms in total. The number of hydrogen-bond donors (Lipinski definition) is 1. The number of methoxy groups -OCH3 is 1. The Morgan fingerprint density at radius 3 is 2.24 bits per heavy atom. The molecule has 1 unspecified atom stereocenters. The maximum Gasteiger partial charge on any atom is 0.132 e. The zero-order valence-electron chi connectivity index (χ0n) is 13.4. The fraction of sp³-hybridized carbons (Fsp3) is 0.667. The first-order valence-corrected chi connectivity index (χ1v) is 8.20. The molecular weight excluding hydrogens is 267 g/mol. The van der Waals surface area contributed by atoms with Crippen molar-refractivity contribution >= 4 is 0 Å². The Labute approximate surface area is 128 Å². The summed E-state index contributed by atoms with van der Waals surface area (Å²) in [5.74, 6) is 0.0944. The second kappa shape index (κ2) is 10.6. The molecule has 1 rings (SSSR count). The minimum absolute atomic E-state index is 0.374. The molecular formula is C18H29FO2. The molecule has 0 aliphatic heterocycles. The van der Waals surface area contributed by atoms with Crippen LogP contribution in [0.15, 0.2) is 18.2 Å². The van der Waals surface area contributed by atoms with E-state index in [0.717, 1.165) is 12.8 Å². The van der Waals surface area contributed by atoms with E-state index in [1.54, 1.807) is 12.1 Å². The van der Waals surface area contributed by atoms with Gasteiger partial charge < -0.3 is 9.84 Å². The normalized spacial score (nSPS) is 12.4. The summed E-state index contributed by atoms with van der Waals surface area (Å²) in [6.45, 7) is 2.22. The second-order valence-corrected chi connectivity index (χ2v) is 5.67. The number of unbranched alkanes of at least 4 members (excludes halogenated alkanes) is 7.